The summed E-state index contributed by atoms with van der Waals surface area (Å²) < 4.78 is 31.7. The van der Waals surface area contributed by atoms with E-state index in [1.165, 1.54) is 4.31 Å². The van der Waals surface area contributed by atoms with Crippen molar-refractivity contribution in [1.29, 1.82) is 0 Å². The smallest absolute Gasteiger partial charge is 0.255 e. The molecular formula is C15H23N3O4S. The van der Waals surface area contributed by atoms with Crippen LogP contribution in [0.25, 0.3) is 0 Å². The lowest BCUT2D eigenvalue weighted by Gasteiger charge is -2.18. The molecule has 23 heavy (non-hydrogen) atoms. The zero-order valence-corrected chi connectivity index (χ0v) is 14.4. The maximum Gasteiger partial charge on any atom is 0.255 e. The number of aromatic nitrogens is 2. The van der Waals surface area contributed by atoms with Crippen LogP contribution < -0.4 is 5.56 Å². The number of ether oxygens (including phenoxy) is 1. The molecule has 1 saturated carbocycles. The van der Waals surface area contributed by atoms with E-state index in [2.05, 4.69) is 9.97 Å². The van der Waals surface area contributed by atoms with Gasteiger partial charge in [-0.2, -0.15) is 4.31 Å². The Morgan fingerprint density at radius 3 is 2.78 bits per heavy atom. The molecule has 3 rings (SSSR count). The van der Waals surface area contributed by atoms with Crippen molar-refractivity contribution in [3.05, 3.63) is 27.4 Å². The lowest BCUT2D eigenvalue weighted by molar-refractivity contribution is 0.122. The number of fused-ring (bicyclic) bond motifs is 1. The molecular weight excluding hydrogens is 318 g/mol. The molecule has 0 amide bonds. The molecule has 1 atom stereocenters. The van der Waals surface area contributed by atoms with Crippen molar-refractivity contribution in [3.8, 4) is 0 Å². The fourth-order valence-corrected chi connectivity index (χ4v) is 4.51. The molecule has 1 aliphatic carbocycles. The Hall–Kier alpha value is -1.25. The minimum atomic E-state index is -3.43. The Kier molecular flexibility index (Phi) is 4.57. The van der Waals surface area contributed by atoms with Gasteiger partial charge in [0.05, 0.1) is 30.2 Å². The first kappa shape index (κ1) is 16.6. The zero-order chi connectivity index (χ0) is 16.6. The Morgan fingerprint density at radius 1 is 1.39 bits per heavy atom. The minimum Gasteiger partial charge on any atom is -0.381 e. The van der Waals surface area contributed by atoms with E-state index in [0.29, 0.717) is 36.2 Å². The minimum absolute atomic E-state index is 0.0222. The van der Waals surface area contributed by atoms with Crippen LogP contribution in [0.1, 0.15) is 49.7 Å². The summed E-state index contributed by atoms with van der Waals surface area (Å²) >= 11 is 0. The molecule has 1 N–H and O–H groups in total. The van der Waals surface area contributed by atoms with Crippen LogP contribution in [0.15, 0.2) is 4.79 Å². The third kappa shape index (κ3) is 3.64. The second kappa shape index (κ2) is 6.33. The first-order valence-corrected chi connectivity index (χ1v) is 9.69. The van der Waals surface area contributed by atoms with E-state index in [0.717, 1.165) is 12.8 Å². The van der Waals surface area contributed by atoms with Gasteiger partial charge in [-0.25, -0.2) is 13.4 Å². The number of H-pyrrole nitrogens is 1. The molecule has 1 aromatic heterocycles. The topological polar surface area (TPSA) is 92.4 Å². The normalized spacial score (nSPS) is 19.7. The summed E-state index contributed by atoms with van der Waals surface area (Å²) in [7, 11) is -3.43. The average Bonchev–Trinajstić information content (AvgIpc) is 3.23. The van der Waals surface area contributed by atoms with Crippen molar-refractivity contribution in [2.45, 2.75) is 45.7 Å². The SMILES string of the molecule is CCOCC(C)CS(=O)(=O)N1Cc2nc(C3CC3)[nH]c(=O)c2C1. The van der Waals surface area contributed by atoms with Gasteiger partial charge in [0.15, 0.2) is 0 Å². The standard InChI is InChI=1S/C15H23N3O4S/c1-3-22-8-10(2)9-23(20,21)18-6-12-13(7-18)16-14(11-4-5-11)17-15(12)19/h10-11H,3-9H2,1-2H3,(H,16,17,19). The van der Waals surface area contributed by atoms with Crippen LogP contribution in [0.5, 0.6) is 0 Å². The van der Waals surface area contributed by atoms with E-state index in [4.69, 9.17) is 4.74 Å². The van der Waals surface area contributed by atoms with Crippen LogP contribution in [-0.2, 0) is 27.8 Å². The van der Waals surface area contributed by atoms with E-state index in [-0.39, 0.29) is 30.3 Å². The fourth-order valence-electron chi connectivity index (χ4n) is 2.84. The predicted octanol–water partition coefficient (Wildman–Crippen LogP) is 0.965. The van der Waals surface area contributed by atoms with E-state index in [1.807, 2.05) is 13.8 Å². The Balaban J connectivity index is 1.73. The first-order valence-electron chi connectivity index (χ1n) is 8.08. The quantitative estimate of drug-likeness (QED) is 0.797. The van der Waals surface area contributed by atoms with Crippen LogP contribution in [0.2, 0.25) is 0 Å². The summed E-state index contributed by atoms with van der Waals surface area (Å²) in [4.78, 5) is 19.4. The lowest BCUT2D eigenvalue weighted by atomic mass is 10.2. The van der Waals surface area contributed by atoms with Crippen LogP contribution in [0, 0.1) is 5.92 Å². The summed E-state index contributed by atoms with van der Waals surface area (Å²) in [6.07, 6.45) is 2.08. The second-order valence-electron chi connectivity index (χ2n) is 6.46. The van der Waals surface area contributed by atoms with Crippen molar-refractivity contribution in [2.75, 3.05) is 19.0 Å². The Bertz CT molecular complexity index is 740. The molecule has 8 heteroatoms. The van der Waals surface area contributed by atoms with Gasteiger partial charge in [-0.1, -0.05) is 6.92 Å². The molecule has 1 fully saturated rings. The molecule has 128 valence electrons. The van der Waals surface area contributed by atoms with Gasteiger partial charge in [0.25, 0.3) is 5.56 Å². The second-order valence-corrected chi connectivity index (χ2v) is 8.48. The number of hydrogen-bond acceptors (Lipinski definition) is 5. The molecule has 1 unspecified atom stereocenters. The first-order chi connectivity index (χ1) is 10.9. The van der Waals surface area contributed by atoms with Crippen molar-refractivity contribution in [1.82, 2.24) is 14.3 Å². The van der Waals surface area contributed by atoms with E-state index in [9.17, 15) is 13.2 Å². The molecule has 7 nitrogen and oxygen atoms in total. The van der Waals surface area contributed by atoms with Crippen LogP contribution in [0.3, 0.4) is 0 Å². The van der Waals surface area contributed by atoms with Gasteiger partial charge in [-0.05, 0) is 25.7 Å². The Labute approximate surface area is 136 Å². The maximum absolute atomic E-state index is 12.5. The molecule has 1 aromatic rings. The largest absolute Gasteiger partial charge is 0.381 e. The third-order valence-electron chi connectivity index (χ3n) is 4.24. The number of rotatable bonds is 7. The zero-order valence-electron chi connectivity index (χ0n) is 13.5. The summed E-state index contributed by atoms with van der Waals surface area (Å²) in [6.45, 7) is 5.04. The van der Waals surface area contributed by atoms with Crippen LogP contribution in [0.4, 0.5) is 0 Å². The van der Waals surface area contributed by atoms with Crippen LogP contribution >= 0.6 is 0 Å². The highest BCUT2D eigenvalue weighted by molar-refractivity contribution is 7.89. The van der Waals surface area contributed by atoms with E-state index >= 15 is 0 Å². The Morgan fingerprint density at radius 2 is 2.13 bits per heavy atom. The summed E-state index contributed by atoms with van der Waals surface area (Å²) in [6, 6.07) is 0. The van der Waals surface area contributed by atoms with Crippen molar-refractivity contribution >= 4 is 10.0 Å². The lowest BCUT2D eigenvalue weighted by Crippen LogP contribution is -2.32. The van der Waals surface area contributed by atoms with Gasteiger partial charge in [-0.15, -0.1) is 0 Å². The maximum atomic E-state index is 12.5. The van der Waals surface area contributed by atoms with Gasteiger partial charge in [0.1, 0.15) is 5.82 Å². The van der Waals surface area contributed by atoms with Crippen molar-refractivity contribution in [2.24, 2.45) is 5.92 Å². The van der Waals surface area contributed by atoms with E-state index in [1.54, 1.807) is 0 Å². The number of hydrogen-bond donors (Lipinski definition) is 1. The molecule has 0 spiro atoms. The molecule has 0 bridgehead atoms. The van der Waals surface area contributed by atoms with Gasteiger partial charge < -0.3 is 9.72 Å². The molecule has 2 aliphatic rings. The average molecular weight is 341 g/mol. The molecule has 0 saturated heterocycles. The van der Waals surface area contributed by atoms with Gasteiger partial charge in [-0.3, -0.25) is 4.79 Å². The monoisotopic (exact) mass is 341 g/mol. The molecule has 0 aromatic carbocycles. The number of nitrogens with zero attached hydrogens (tertiary/aromatic N) is 2. The predicted molar refractivity (Wildman–Crippen MR) is 85.5 cm³/mol. The third-order valence-corrected chi connectivity index (χ3v) is 6.27. The highest BCUT2D eigenvalue weighted by Gasteiger charge is 2.35. The summed E-state index contributed by atoms with van der Waals surface area (Å²) in [5.41, 5.74) is 0.893. The van der Waals surface area contributed by atoms with Crippen molar-refractivity contribution < 1.29 is 13.2 Å². The van der Waals surface area contributed by atoms with Crippen molar-refractivity contribution in [3.63, 3.8) is 0 Å². The number of nitrogens with one attached hydrogen (secondary N) is 1. The van der Waals surface area contributed by atoms with E-state index < -0.39 is 10.0 Å². The number of aromatic amines is 1. The van der Waals surface area contributed by atoms with Gasteiger partial charge in [0.2, 0.25) is 10.0 Å². The van der Waals surface area contributed by atoms with Crippen LogP contribution in [-0.4, -0.2) is 41.7 Å². The summed E-state index contributed by atoms with van der Waals surface area (Å²) in [5.74, 6) is 0.980. The number of sulfonamides is 1. The summed E-state index contributed by atoms with van der Waals surface area (Å²) in [5, 5.41) is 0. The van der Waals surface area contributed by atoms with Gasteiger partial charge in [0, 0.05) is 19.1 Å². The molecule has 0 radical (unpaired) electrons. The molecule has 2 heterocycles. The van der Waals surface area contributed by atoms with Gasteiger partial charge >= 0.3 is 0 Å². The fraction of sp³-hybridized carbons (Fsp3) is 0.733. The highest BCUT2D eigenvalue weighted by atomic mass is 32.2. The molecule has 1 aliphatic heterocycles. The highest BCUT2D eigenvalue weighted by Crippen LogP contribution is 2.38.